The van der Waals surface area contributed by atoms with E-state index in [1.165, 1.54) is 0 Å². The van der Waals surface area contributed by atoms with Crippen LogP contribution >= 0.6 is 0 Å². The molecule has 1 aliphatic heterocycles. The van der Waals surface area contributed by atoms with E-state index in [4.69, 9.17) is 4.74 Å². The zero-order chi connectivity index (χ0) is 24.4. The fourth-order valence-corrected chi connectivity index (χ4v) is 4.27. The Hall–Kier alpha value is -3.13. The van der Waals surface area contributed by atoms with Gasteiger partial charge in [0.2, 0.25) is 0 Å². The summed E-state index contributed by atoms with van der Waals surface area (Å²) in [6.45, 7) is 8.69. The summed E-state index contributed by atoms with van der Waals surface area (Å²) in [5.74, 6) is -0.745. The van der Waals surface area contributed by atoms with E-state index in [0.717, 1.165) is 17.8 Å². The van der Waals surface area contributed by atoms with Crippen LogP contribution in [-0.2, 0) is 16.6 Å². The number of aliphatic hydroxyl groups excluding tert-OH is 1. The standard InChI is InChI=1S/C25H34N4O4/c1-15(2)33-19-11-9-18(10-12-19)22-21(23(30)20-16(3)26-28(7)17(20)4)24(31)25(32)29(22)14-8-13-27(5)6/h9-12,15,22,30H,8,13-14H2,1-7H3/t22-/m1/s1. The summed E-state index contributed by atoms with van der Waals surface area (Å²) in [6, 6.07) is 6.68. The van der Waals surface area contributed by atoms with E-state index in [1.807, 2.05) is 64.0 Å². The minimum absolute atomic E-state index is 0.0315. The van der Waals surface area contributed by atoms with Crippen molar-refractivity contribution in [2.45, 2.75) is 46.3 Å². The van der Waals surface area contributed by atoms with Crippen LogP contribution in [0.1, 0.15) is 48.8 Å². The van der Waals surface area contributed by atoms with Gasteiger partial charge in [0.05, 0.1) is 29.0 Å². The maximum Gasteiger partial charge on any atom is 0.295 e. The zero-order valence-electron chi connectivity index (χ0n) is 20.5. The molecule has 0 unspecified atom stereocenters. The van der Waals surface area contributed by atoms with Crippen molar-refractivity contribution < 1.29 is 19.4 Å². The number of aromatic nitrogens is 2. The second kappa shape index (κ2) is 9.79. The van der Waals surface area contributed by atoms with Crippen molar-refractivity contribution in [3.05, 3.63) is 52.4 Å². The van der Waals surface area contributed by atoms with Crippen LogP contribution in [0.15, 0.2) is 29.8 Å². The van der Waals surface area contributed by atoms with Gasteiger partial charge in [-0.15, -0.1) is 0 Å². The molecular formula is C25H34N4O4. The first-order valence-electron chi connectivity index (χ1n) is 11.2. The van der Waals surface area contributed by atoms with Crippen LogP contribution in [-0.4, -0.2) is 69.7 Å². The number of ketones is 1. The number of carbonyl (C=O) groups is 2. The number of ether oxygens (including phenoxy) is 1. The minimum Gasteiger partial charge on any atom is -0.507 e. The molecule has 1 atom stereocenters. The van der Waals surface area contributed by atoms with Crippen molar-refractivity contribution in [1.82, 2.24) is 19.6 Å². The van der Waals surface area contributed by atoms with Gasteiger partial charge >= 0.3 is 0 Å². The molecule has 1 saturated heterocycles. The number of Topliss-reactive ketones (excluding diaryl/α,β-unsaturated/α-hetero) is 1. The van der Waals surface area contributed by atoms with Gasteiger partial charge in [0.15, 0.2) is 0 Å². The van der Waals surface area contributed by atoms with Crippen LogP contribution in [0.5, 0.6) is 5.75 Å². The Balaban J connectivity index is 2.11. The third-order valence-corrected chi connectivity index (χ3v) is 5.86. The predicted octanol–water partition coefficient (Wildman–Crippen LogP) is 3.20. The lowest BCUT2D eigenvalue weighted by atomic mass is 9.94. The molecule has 8 nitrogen and oxygen atoms in total. The number of rotatable bonds is 8. The Morgan fingerprint density at radius 3 is 2.33 bits per heavy atom. The number of nitrogens with zero attached hydrogens (tertiary/aromatic N) is 4. The summed E-state index contributed by atoms with van der Waals surface area (Å²) in [4.78, 5) is 29.9. The summed E-state index contributed by atoms with van der Waals surface area (Å²) < 4.78 is 7.40. The maximum atomic E-state index is 13.2. The summed E-state index contributed by atoms with van der Waals surface area (Å²) in [7, 11) is 5.71. The fourth-order valence-electron chi connectivity index (χ4n) is 4.27. The lowest BCUT2D eigenvalue weighted by Crippen LogP contribution is -2.32. The van der Waals surface area contributed by atoms with Crippen LogP contribution in [0.4, 0.5) is 0 Å². The molecular weight excluding hydrogens is 420 g/mol. The average molecular weight is 455 g/mol. The Kier molecular flexibility index (Phi) is 7.27. The van der Waals surface area contributed by atoms with Gasteiger partial charge in [-0.05, 0) is 72.5 Å². The zero-order valence-corrected chi connectivity index (χ0v) is 20.5. The van der Waals surface area contributed by atoms with E-state index in [1.54, 1.807) is 23.6 Å². The number of likely N-dealkylation sites (tertiary alicyclic amines) is 1. The van der Waals surface area contributed by atoms with Gasteiger partial charge in [0, 0.05) is 19.3 Å². The first-order chi connectivity index (χ1) is 15.5. The molecule has 0 bridgehead atoms. The number of aliphatic hydroxyl groups is 1. The van der Waals surface area contributed by atoms with Crippen molar-refractivity contribution >= 4 is 17.4 Å². The van der Waals surface area contributed by atoms with Crippen molar-refractivity contribution in [1.29, 1.82) is 0 Å². The Morgan fingerprint density at radius 1 is 1.18 bits per heavy atom. The summed E-state index contributed by atoms with van der Waals surface area (Å²) >= 11 is 0. The highest BCUT2D eigenvalue weighted by atomic mass is 16.5. The lowest BCUT2D eigenvalue weighted by Gasteiger charge is -2.26. The highest BCUT2D eigenvalue weighted by Gasteiger charge is 2.46. The normalized spacial score (nSPS) is 18.1. The maximum absolute atomic E-state index is 13.2. The average Bonchev–Trinajstić information content (AvgIpc) is 3.13. The van der Waals surface area contributed by atoms with Gasteiger partial charge in [-0.1, -0.05) is 12.1 Å². The Labute approximate surface area is 195 Å². The molecule has 33 heavy (non-hydrogen) atoms. The van der Waals surface area contributed by atoms with E-state index in [0.29, 0.717) is 30.0 Å². The summed E-state index contributed by atoms with van der Waals surface area (Å²) in [6.07, 6.45) is 0.736. The molecule has 3 rings (SSSR count). The van der Waals surface area contributed by atoms with Crippen molar-refractivity contribution in [3.63, 3.8) is 0 Å². The van der Waals surface area contributed by atoms with E-state index >= 15 is 0 Å². The van der Waals surface area contributed by atoms with Gasteiger partial charge in [0.25, 0.3) is 11.7 Å². The van der Waals surface area contributed by atoms with Crippen molar-refractivity contribution in [3.8, 4) is 5.75 Å². The number of carbonyl (C=O) groups excluding carboxylic acids is 2. The molecule has 0 spiro atoms. The molecule has 8 heteroatoms. The number of aryl methyl sites for hydroxylation is 2. The second-order valence-corrected chi connectivity index (χ2v) is 9.05. The number of hydrogen-bond donors (Lipinski definition) is 1. The van der Waals surface area contributed by atoms with Gasteiger partial charge in [-0.25, -0.2) is 0 Å². The molecule has 1 aliphatic rings. The number of amides is 1. The highest BCUT2D eigenvalue weighted by molar-refractivity contribution is 6.46. The largest absolute Gasteiger partial charge is 0.507 e. The number of hydrogen-bond acceptors (Lipinski definition) is 6. The van der Waals surface area contributed by atoms with Crippen LogP contribution in [0.25, 0.3) is 5.76 Å². The third-order valence-electron chi connectivity index (χ3n) is 5.86. The Morgan fingerprint density at radius 2 is 1.82 bits per heavy atom. The minimum atomic E-state index is -0.681. The number of benzene rings is 1. The smallest absolute Gasteiger partial charge is 0.295 e. The molecule has 1 aromatic heterocycles. The Bertz CT molecular complexity index is 1070. The molecule has 1 amide bonds. The predicted molar refractivity (Wildman–Crippen MR) is 127 cm³/mol. The first kappa shape index (κ1) is 24.5. The van der Waals surface area contributed by atoms with Crippen LogP contribution < -0.4 is 4.74 Å². The lowest BCUT2D eigenvalue weighted by molar-refractivity contribution is -0.139. The fraction of sp³-hybridized carbons (Fsp3) is 0.480. The molecule has 0 radical (unpaired) electrons. The molecule has 1 fully saturated rings. The molecule has 0 saturated carbocycles. The molecule has 2 aromatic rings. The highest BCUT2D eigenvalue weighted by Crippen LogP contribution is 2.40. The quantitative estimate of drug-likeness (QED) is 0.374. The SMILES string of the molecule is Cc1nn(C)c(C)c1C(O)=C1C(=O)C(=O)N(CCCN(C)C)[C@@H]1c1ccc(OC(C)C)cc1. The second-order valence-electron chi connectivity index (χ2n) is 9.05. The van der Waals surface area contributed by atoms with Gasteiger partial charge in [-0.2, -0.15) is 5.10 Å². The van der Waals surface area contributed by atoms with E-state index < -0.39 is 17.7 Å². The molecule has 178 valence electrons. The molecule has 2 heterocycles. The van der Waals surface area contributed by atoms with Gasteiger partial charge < -0.3 is 19.6 Å². The van der Waals surface area contributed by atoms with Gasteiger partial charge in [-0.3, -0.25) is 14.3 Å². The monoisotopic (exact) mass is 454 g/mol. The molecule has 1 aromatic carbocycles. The van der Waals surface area contributed by atoms with Crippen LogP contribution in [0.3, 0.4) is 0 Å². The van der Waals surface area contributed by atoms with Crippen molar-refractivity contribution in [2.24, 2.45) is 7.05 Å². The topological polar surface area (TPSA) is 87.9 Å². The van der Waals surface area contributed by atoms with Crippen molar-refractivity contribution in [2.75, 3.05) is 27.2 Å². The molecule has 0 aliphatic carbocycles. The van der Waals surface area contributed by atoms with E-state index in [-0.39, 0.29) is 17.4 Å². The summed E-state index contributed by atoms with van der Waals surface area (Å²) in [5, 5.41) is 15.7. The van der Waals surface area contributed by atoms with Crippen LogP contribution in [0.2, 0.25) is 0 Å². The third kappa shape index (κ3) is 4.95. The summed E-state index contributed by atoms with van der Waals surface area (Å²) in [5.41, 5.74) is 2.67. The van der Waals surface area contributed by atoms with E-state index in [2.05, 4.69) is 5.10 Å². The first-order valence-corrected chi connectivity index (χ1v) is 11.2. The van der Waals surface area contributed by atoms with Gasteiger partial charge in [0.1, 0.15) is 11.5 Å². The van der Waals surface area contributed by atoms with Crippen LogP contribution in [0, 0.1) is 13.8 Å². The molecule has 1 N–H and O–H groups in total. The van der Waals surface area contributed by atoms with E-state index in [9.17, 15) is 14.7 Å².